The number of carbonyl (C=O) groups is 2. The highest BCUT2D eigenvalue weighted by atomic mass is 19.1. The second-order valence-electron chi connectivity index (χ2n) is 11.0. The zero-order valence-corrected chi connectivity index (χ0v) is 23.8. The molecule has 3 N–H and O–H groups in total. The Hall–Kier alpha value is -3.89. The van der Waals surface area contributed by atoms with Crippen LogP contribution in [0.25, 0.3) is 6.08 Å². The van der Waals surface area contributed by atoms with E-state index in [9.17, 15) is 39.4 Å². The predicted molar refractivity (Wildman–Crippen MR) is 156 cm³/mol. The topological polar surface area (TPSA) is 141 Å². The smallest absolute Gasteiger partial charge is 0.271 e. The summed E-state index contributed by atoms with van der Waals surface area (Å²) in [6.45, 7) is 3.56. The number of nitrogens with zero attached hydrogens (tertiary/aromatic N) is 2. The van der Waals surface area contributed by atoms with E-state index in [1.54, 1.807) is 6.07 Å². The lowest BCUT2D eigenvalue weighted by Crippen LogP contribution is -2.39. The molecule has 0 bridgehead atoms. The molecule has 2 aromatic rings. The molecule has 2 aliphatic rings. The van der Waals surface area contributed by atoms with E-state index in [4.69, 9.17) is 0 Å². The van der Waals surface area contributed by atoms with Crippen LogP contribution in [0.4, 0.5) is 15.8 Å². The van der Waals surface area contributed by atoms with Crippen molar-refractivity contribution < 1.29 is 34.2 Å². The first-order valence-electron chi connectivity index (χ1n) is 14.4. The van der Waals surface area contributed by atoms with Crippen molar-refractivity contribution in [2.45, 2.75) is 64.9 Å². The predicted octanol–water partition coefficient (Wildman–Crippen LogP) is 5.68. The second kappa shape index (κ2) is 13.4. The molecule has 0 spiro atoms. The molecule has 1 fully saturated rings. The van der Waals surface area contributed by atoms with Crippen molar-refractivity contribution in [3.05, 3.63) is 80.7 Å². The lowest BCUT2D eigenvalue weighted by Gasteiger charge is -2.36. The highest BCUT2D eigenvalue weighted by molar-refractivity contribution is 6.22. The molecule has 42 heavy (non-hydrogen) atoms. The van der Waals surface area contributed by atoms with Crippen molar-refractivity contribution in [2.75, 3.05) is 11.5 Å². The summed E-state index contributed by atoms with van der Waals surface area (Å²) >= 11 is 0. The summed E-state index contributed by atoms with van der Waals surface area (Å²) in [6, 6.07) is 9.54. The summed E-state index contributed by atoms with van der Waals surface area (Å²) in [5.41, 5.74) is 2.90. The van der Waals surface area contributed by atoms with Crippen LogP contribution in [0.5, 0.6) is 5.75 Å². The van der Waals surface area contributed by atoms with Gasteiger partial charge in [-0.05, 0) is 61.4 Å². The Morgan fingerprint density at radius 3 is 2.55 bits per heavy atom. The molecule has 2 aromatic carbocycles. The normalized spacial score (nSPS) is 21.6. The zero-order chi connectivity index (χ0) is 30.6. The van der Waals surface area contributed by atoms with E-state index in [0.29, 0.717) is 30.4 Å². The lowest BCUT2D eigenvalue weighted by atomic mass is 9.67. The van der Waals surface area contributed by atoms with Gasteiger partial charge in [0.2, 0.25) is 11.8 Å². The maximum Gasteiger partial charge on any atom is 0.271 e. The zero-order valence-electron chi connectivity index (χ0n) is 23.8. The highest BCUT2D eigenvalue weighted by Crippen LogP contribution is 2.48. The van der Waals surface area contributed by atoms with E-state index in [1.165, 1.54) is 36.4 Å². The molecule has 1 aliphatic carbocycles. The van der Waals surface area contributed by atoms with Gasteiger partial charge >= 0.3 is 0 Å². The molecule has 4 atom stereocenters. The SMILES string of the molecule is CCCC1=C([C@H](O)CC/C(=C/c2ccc(O)c(F)c2)CCC)[C@H](CO)[C@@H]2C(=O)N(c3cccc([N+](=O)[O-])c3)C(=O)[C@@H]2C1. The molecule has 0 radical (unpaired) electrons. The first-order chi connectivity index (χ1) is 20.1. The number of halogens is 1. The van der Waals surface area contributed by atoms with Crippen LogP contribution >= 0.6 is 0 Å². The van der Waals surface area contributed by atoms with Gasteiger partial charge in [0, 0.05) is 18.1 Å². The van der Waals surface area contributed by atoms with E-state index in [1.807, 2.05) is 19.9 Å². The Bertz CT molecular complexity index is 1420. The average Bonchev–Trinajstić information content (AvgIpc) is 3.22. The number of hydrogen-bond acceptors (Lipinski definition) is 7. The van der Waals surface area contributed by atoms with Crippen molar-refractivity contribution in [2.24, 2.45) is 17.8 Å². The van der Waals surface area contributed by atoms with Gasteiger partial charge in [0.15, 0.2) is 11.6 Å². The molecule has 224 valence electrons. The number of aliphatic hydroxyl groups excluding tert-OH is 2. The number of phenols is 1. The second-order valence-corrected chi connectivity index (χ2v) is 11.0. The minimum absolute atomic E-state index is 0.115. The van der Waals surface area contributed by atoms with E-state index < -0.39 is 58.8 Å². The number of nitro groups is 1. The number of imide groups is 1. The molecule has 9 nitrogen and oxygen atoms in total. The monoisotopic (exact) mass is 580 g/mol. The Balaban J connectivity index is 1.62. The van der Waals surface area contributed by atoms with Crippen molar-refractivity contribution in [3.8, 4) is 5.75 Å². The number of rotatable bonds is 12. The van der Waals surface area contributed by atoms with Crippen molar-refractivity contribution in [3.63, 3.8) is 0 Å². The number of non-ortho nitro benzene ring substituents is 1. The Labute approximate surface area is 244 Å². The number of fused-ring (bicyclic) bond motifs is 1. The summed E-state index contributed by atoms with van der Waals surface area (Å²) in [6.07, 6.45) is 4.81. The molecule has 4 rings (SSSR count). The maximum atomic E-state index is 13.9. The molecule has 1 saturated heterocycles. The number of anilines is 1. The number of benzene rings is 2. The molecule has 0 unspecified atom stereocenters. The van der Waals surface area contributed by atoms with Crippen LogP contribution in [0.2, 0.25) is 0 Å². The lowest BCUT2D eigenvalue weighted by molar-refractivity contribution is -0.384. The van der Waals surface area contributed by atoms with Crippen molar-refractivity contribution >= 4 is 29.3 Å². The van der Waals surface area contributed by atoms with Crippen molar-refractivity contribution in [1.29, 1.82) is 0 Å². The summed E-state index contributed by atoms with van der Waals surface area (Å²) < 4.78 is 13.9. The van der Waals surface area contributed by atoms with E-state index in [-0.39, 0.29) is 17.8 Å². The van der Waals surface area contributed by atoms with Crippen LogP contribution in [0.1, 0.15) is 64.4 Å². The fraction of sp³-hybridized carbons (Fsp3) is 0.438. The van der Waals surface area contributed by atoms with Gasteiger partial charge in [-0.2, -0.15) is 0 Å². The van der Waals surface area contributed by atoms with Gasteiger partial charge in [-0.15, -0.1) is 0 Å². The molecular formula is C32H37FN2O7. The van der Waals surface area contributed by atoms with Crippen LogP contribution in [0, 0.1) is 33.7 Å². The highest BCUT2D eigenvalue weighted by Gasteiger charge is 2.55. The third kappa shape index (κ3) is 6.29. The van der Waals surface area contributed by atoms with Crippen LogP contribution < -0.4 is 4.90 Å². The van der Waals surface area contributed by atoms with Crippen molar-refractivity contribution in [1.82, 2.24) is 0 Å². The summed E-state index contributed by atoms with van der Waals surface area (Å²) in [5.74, 6) is -4.53. The number of carbonyl (C=O) groups excluding carboxylic acids is 2. The molecule has 0 aromatic heterocycles. The molecule has 1 aliphatic heterocycles. The van der Waals surface area contributed by atoms with Gasteiger partial charge in [-0.25, -0.2) is 9.29 Å². The van der Waals surface area contributed by atoms with Gasteiger partial charge in [0.05, 0.1) is 35.2 Å². The molecular weight excluding hydrogens is 543 g/mol. The number of phenolic OH excluding ortho intramolecular Hbond substituents is 1. The first kappa shape index (κ1) is 31.1. The van der Waals surface area contributed by atoms with E-state index in [2.05, 4.69) is 0 Å². The summed E-state index contributed by atoms with van der Waals surface area (Å²) in [4.78, 5) is 39.0. The van der Waals surface area contributed by atoms with Crippen LogP contribution in [0.3, 0.4) is 0 Å². The third-order valence-corrected chi connectivity index (χ3v) is 8.24. The molecule has 10 heteroatoms. The third-order valence-electron chi connectivity index (χ3n) is 8.24. The quantitative estimate of drug-likeness (QED) is 0.127. The number of aliphatic hydroxyl groups is 2. The van der Waals surface area contributed by atoms with E-state index in [0.717, 1.165) is 35.3 Å². The number of amides is 2. The molecule has 2 amide bonds. The minimum atomic E-state index is -0.976. The largest absolute Gasteiger partial charge is 0.505 e. The van der Waals surface area contributed by atoms with Crippen LogP contribution in [-0.2, 0) is 9.59 Å². The van der Waals surface area contributed by atoms with Gasteiger partial charge in [-0.3, -0.25) is 19.7 Å². The molecule has 1 heterocycles. The van der Waals surface area contributed by atoms with Gasteiger partial charge in [0.1, 0.15) is 0 Å². The van der Waals surface area contributed by atoms with Crippen LogP contribution in [-0.4, -0.2) is 44.8 Å². The number of aromatic hydroxyl groups is 1. The van der Waals surface area contributed by atoms with Gasteiger partial charge in [0.25, 0.3) is 5.69 Å². The molecule has 0 saturated carbocycles. The minimum Gasteiger partial charge on any atom is -0.505 e. The number of allylic oxidation sites excluding steroid dienone is 2. The average molecular weight is 581 g/mol. The van der Waals surface area contributed by atoms with E-state index >= 15 is 0 Å². The Morgan fingerprint density at radius 1 is 1.14 bits per heavy atom. The van der Waals surface area contributed by atoms with Gasteiger partial charge in [-0.1, -0.05) is 56.0 Å². The summed E-state index contributed by atoms with van der Waals surface area (Å²) in [7, 11) is 0. The first-order valence-corrected chi connectivity index (χ1v) is 14.4. The number of hydrogen-bond donors (Lipinski definition) is 3. The van der Waals surface area contributed by atoms with Gasteiger partial charge < -0.3 is 15.3 Å². The number of nitro benzene ring substituents is 1. The fourth-order valence-electron chi connectivity index (χ4n) is 6.41. The van der Waals surface area contributed by atoms with Crippen LogP contribution in [0.15, 0.2) is 59.2 Å². The Morgan fingerprint density at radius 2 is 1.90 bits per heavy atom. The summed E-state index contributed by atoms with van der Waals surface area (Å²) in [5, 5.41) is 42.9. The Kier molecular flexibility index (Phi) is 9.90. The standard InChI is InChI=1S/C32H37FN2O7/c1-3-6-19(14-20-11-12-27(37)26(33)15-20)10-13-28(38)29-21(7-4-2)16-24-30(25(29)18-36)32(40)34(31(24)39)22-8-5-9-23(17-22)35(41)42/h5,8-9,11-12,14-15,17,24-25,28,30,36-38H,3-4,6-7,10,13,16,18H2,1-2H3/b19-14+/t24-,25+,28-,30-/m1/s1. The fourth-order valence-corrected chi connectivity index (χ4v) is 6.41. The maximum absolute atomic E-state index is 13.9.